The summed E-state index contributed by atoms with van der Waals surface area (Å²) in [4.78, 5) is 0. The predicted molar refractivity (Wildman–Crippen MR) is 77.6 cm³/mol. The van der Waals surface area contributed by atoms with Gasteiger partial charge in [0.15, 0.2) is 0 Å². The van der Waals surface area contributed by atoms with Crippen LogP contribution in [0.4, 0.5) is 11.4 Å². The van der Waals surface area contributed by atoms with Gasteiger partial charge in [-0.05, 0) is 31.5 Å². The summed E-state index contributed by atoms with van der Waals surface area (Å²) in [6.45, 7) is 4.15. The molecule has 18 heavy (non-hydrogen) atoms. The molecule has 0 atom stereocenters. The maximum atomic E-state index is 12.2. The van der Waals surface area contributed by atoms with Crippen LogP contribution in [0, 0.1) is 0 Å². The topological polar surface area (TPSA) is 63.4 Å². The Labute approximate surface area is 114 Å². The van der Waals surface area contributed by atoms with Gasteiger partial charge in [-0.25, -0.2) is 8.42 Å². The molecule has 2 N–H and O–H groups in total. The summed E-state index contributed by atoms with van der Waals surface area (Å²) in [5, 5.41) is 0.431. The Hall–Kier alpha value is -0.940. The Kier molecular flexibility index (Phi) is 5.28. The SMILES string of the molecule is CCCCS(=O)(=O)N(CC)c1ccc(Cl)c(N)c1. The Bertz CT molecular complexity index is 503. The van der Waals surface area contributed by atoms with E-state index in [4.69, 9.17) is 17.3 Å². The Balaban J connectivity index is 3.05. The van der Waals surface area contributed by atoms with Gasteiger partial charge in [-0.2, -0.15) is 0 Å². The molecule has 0 aliphatic heterocycles. The maximum Gasteiger partial charge on any atom is 0.235 e. The Morgan fingerprint density at radius 2 is 2.00 bits per heavy atom. The first-order valence-corrected chi connectivity index (χ1v) is 7.96. The first-order chi connectivity index (χ1) is 8.42. The molecule has 0 unspecified atom stereocenters. The van der Waals surface area contributed by atoms with Crippen LogP contribution >= 0.6 is 11.6 Å². The number of halogens is 1. The highest BCUT2D eigenvalue weighted by molar-refractivity contribution is 7.92. The molecule has 1 rings (SSSR count). The highest BCUT2D eigenvalue weighted by Gasteiger charge is 2.20. The molecule has 4 nitrogen and oxygen atoms in total. The minimum absolute atomic E-state index is 0.153. The van der Waals surface area contributed by atoms with E-state index in [0.717, 1.165) is 6.42 Å². The van der Waals surface area contributed by atoms with Crippen LogP contribution in [0.5, 0.6) is 0 Å². The van der Waals surface area contributed by atoms with E-state index in [0.29, 0.717) is 29.4 Å². The fourth-order valence-corrected chi connectivity index (χ4v) is 3.48. The predicted octanol–water partition coefficient (Wildman–Crippen LogP) is 2.88. The summed E-state index contributed by atoms with van der Waals surface area (Å²) in [5.74, 6) is 0.153. The second kappa shape index (κ2) is 6.29. The van der Waals surface area contributed by atoms with Crippen LogP contribution in [0.15, 0.2) is 18.2 Å². The van der Waals surface area contributed by atoms with Gasteiger partial charge < -0.3 is 5.73 Å². The van der Waals surface area contributed by atoms with Crippen LogP contribution in [-0.4, -0.2) is 20.7 Å². The summed E-state index contributed by atoms with van der Waals surface area (Å²) in [6, 6.07) is 4.88. The summed E-state index contributed by atoms with van der Waals surface area (Å²) in [5.41, 5.74) is 6.66. The molecule has 102 valence electrons. The van der Waals surface area contributed by atoms with Gasteiger partial charge in [-0.3, -0.25) is 4.31 Å². The van der Waals surface area contributed by atoms with Gasteiger partial charge in [-0.1, -0.05) is 24.9 Å². The number of nitrogens with zero attached hydrogens (tertiary/aromatic N) is 1. The fourth-order valence-electron chi connectivity index (χ4n) is 1.66. The number of hydrogen-bond donors (Lipinski definition) is 1. The van der Waals surface area contributed by atoms with Gasteiger partial charge in [0.2, 0.25) is 10.0 Å². The molecule has 0 aliphatic carbocycles. The molecular weight excluding hydrogens is 272 g/mol. The molecule has 0 heterocycles. The van der Waals surface area contributed by atoms with Crippen LogP contribution in [-0.2, 0) is 10.0 Å². The monoisotopic (exact) mass is 290 g/mol. The quantitative estimate of drug-likeness (QED) is 0.819. The molecule has 0 aromatic heterocycles. The van der Waals surface area contributed by atoms with Gasteiger partial charge in [0.25, 0.3) is 0 Å². The van der Waals surface area contributed by atoms with Crippen molar-refractivity contribution in [3.05, 3.63) is 23.2 Å². The zero-order valence-electron chi connectivity index (χ0n) is 10.7. The van der Waals surface area contributed by atoms with Gasteiger partial charge in [0.1, 0.15) is 0 Å². The van der Waals surface area contributed by atoms with Crippen LogP contribution < -0.4 is 10.0 Å². The smallest absolute Gasteiger partial charge is 0.235 e. The van der Waals surface area contributed by atoms with E-state index in [2.05, 4.69) is 0 Å². The largest absolute Gasteiger partial charge is 0.397 e. The molecule has 0 bridgehead atoms. The van der Waals surface area contributed by atoms with Crippen molar-refractivity contribution in [1.82, 2.24) is 0 Å². The lowest BCUT2D eigenvalue weighted by atomic mass is 10.3. The molecule has 1 aromatic carbocycles. The van der Waals surface area contributed by atoms with E-state index in [1.54, 1.807) is 25.1 Å². The third kappa shape index (κ3) is 3.53. The Morgan fingerprint density at radius 1 is 1.33 bits per heavy atom. The molecule has 0 aliphatic rings. The number of nitrogen functional groups attached to an aromatic ring is 1. The van der Waals surface area contributed by atoms with Crippen molar-refractivity contribution in [3.63, 3.8) is 0 Å². The molecule has 6 heteroatoms. The first-order valence-electron chi connectivity index (χ1n) is 5.97. The number of nitrogens with two attached hydrogens (primary N) is 1. The lowest BCUT2D eigenvalue weighted by Gasteiger charge is -2.23. The number of sulfonamides is 1. The maximum absolute atomic E-state index is 12.2. The molecule has 0 saturated carbocycles. The Morgan fingerprint density at radius 3 is 2.50 bits per heavy atom. The third-order valence-corrected chi connectivity index (χ3v) is 4.94. The van der Waals surface area contributed by atoms with Gasteiger partial charge in [-0.15, -0.1) is 0 Å². The van der Waals surface area contributed by atoms with Crippen LogP contribution in [0.3, 0.4) is 0 Å². The number of unbranched alkanes of at least 4 members (excludes halogenated alkanes) is 1. The zero-order valence-corrected chi connectivity index (χ0v) is 12.3. The van der Waals surface area contributed by atoms with Crippen molar-refractivity contribution in [3.8, 4) is 0 Å². The summed E-state index contributed by atoms with van der Waals surface area (Å²) in [6.07, 6.45) is 1.50. The van der Waals surface area contributed by atoms with Gasteiger partial charge in [0, 0.05) is 6.54 Å². The van der Waals surface area contributed by atoms with Crippen molar-refractivity contribution in [2.75, 3.05) is 22.3 Å². The normalized spacial score (nSPS) is 11.5. The van der Waals surface area contributed by atoms with Crippen LogP contribution in [0.2, 0.25) is 5.02 Å². The zero-order chi connectivity index (χ0) is 13.8. The lowest BCUT2D eigenvalue weighted by molar-refractivity contribution is 0.588. The summed E-state index contributed by atoms with van der Waals surface area (Å²) in [7, 11) is -3.28. The van der Waals surface area contributed by atoms with Crippen LogP contribution in [0.25, 0.3) is 0 Å². The highest BCUT2D eigenvalue weighted by Crippen LogP contribution is 2.26. The number of hydrogen-bond acceptors (Lipinski definition) is 3. The van der Waals surface area contributed by atoms with Crippen molar-refractivity contribution in [2.45, 2.75) is 26.7 Å². The lowest BCUT2D eigenvalue weighted by Crippen LogP contribution is -2.32. The minimum Gasteiger partial charge on any atom is -0.397 e. The van der Waals surface area contributed by atoms with E-state index >= 15 is 0 Å². The second-order valence-electron chi connectivity index (χ2n) is 4.04. The van der Waals surface area contributed by atoms with Crippen LogP contribution in [0.1, 0.15) is 26.7 Å². The van der Waals surface area contributed by atoms with E-state index in [-0.39, 0.29) is 5.75 Å². The van der Waals surface area contributed by atoms with Crippen molar-refractivity contribution >= 4 is 33.0 Å². The van der Waals surface area contributed by atoms with Gasteiger partial charge >= 0.3 is 0 Å². The molecule has 0 saturated heterocycles. The van der Waals surface area contributed by atoms with E-state index in [9.17, 15) is 8.42 Å². The fraction of sp³-hybridized carbons (Fsp3) is 0.500. The van der Waals surface area contributed by atoms with E-state index in [1.807, 2.05) is 6.92 Å². The van der Waals surface area contributed by atoms with E-state index < -0.39 is 10.0 Å². The van der Waals surface area contributed by atoms with Crippen molar-refractivity contribution in [2.24, 2.45) is 0 Å². The standard InChI is InChI=1S/C12H19ClN2O2S/c1-3-5-8-18(16,17)15(4-2)10-6-7-11(13)12(14)9-10/h6-7,9H,3-5,8,14H2,1-2H3. The average molecular weight is 291 g/mol. The second-order valence-corrected chi connectivity index (χ2v) is 6.46. The highest BCUT2D eigenvalue weighted by atomic mass is 35.5. The summed E-state index contributed by atoms with van der Waals surface area (Å²) >= 11 is 5.83. The van der Waals surface area contributed by atoms with Gasteiger partial charge in [0.05, 0.1) is 22.2 Å². The summed E-state index contributed by atoms with van der Waals surface area (Å²) < 4.78 is 25.7. The van der Waals surface area contributed by atoms with Crippen molar-refractivity contribution < 1.29 is 8.42 Å². The minimum atomic E-state index is -3.28. The molecule has 0 spiro atoms. The average Bonchev–Trinajstić information content (AvgIpc) is 2.32. The number of benzene rings is 1. The molecule has 0 fully saturated rings. The molecular formula is C12H19ClN2O2S. The van der Waals surface area contributed by atoms with E-state index in [1.165, 1.54) is 4.31 Å². The number of rotatable bonds is 6. The first kappa shape index (κ1) is 15.1. The molecule has 0 amide bonds. The number of anilines is 2. The molecule has 1 aromatic rings. The van der Waals surface area contributed by atoms with Crippen molar-refractivity contribution in [1.29, 1.82) is 0 Å². The third-order valence-electron chi connectivity index (χ3n) is 2.65. The molecule has 0 radical (unpaired) electrons.